The van der Waals surface area contributed by atoms with Crippen molar-refractivity contribution in [2.75, 3.05) is 20.3 Å². The molecule has 1 atom stereocenters. The van der Waals surface area contributed by atoms with Gasteiger partial charge in [0.05, 0.1) is 17.7 Å². The first-order valence-electron chi connectivity index (χ1n) is 4.74. The monoisotopic (exact) mass is 230 g/mol. The number of hydrogen-bond acceptors (Lipinski definition) is 3. The van der Waals surface area contributed by atoms with Crippen LogP contribution in [-0.4, -0.2) is 25.4 Å². The number of hydrogen-bond donors (Lipinski definition) is 1. The van der Waals surface area contributed by atoms with Gasteiger partial charge >= 0.3 is 0 Å². The first kappa shape index (κ1) is 12.3. The lowest BCUT2D eigenvalue weighted by molar-refractivity contribution is 0.146. The summed E-state index contributed by atoms with van der Waals surface area (Å²) in [5, 5.41) is 9.84. The Morgan fingerprint density at radius 3 is 2.67 bits per heavy atom. The Morgan fingerprint density at radius 1 is 1.40 bits per heavy atom. The van der Waals surface area contributed by atoms with E-state index in [2.05, 4.69) is 0 Å². The molecular weight excluding hydrogens is 216 g/mol. The summed E-state index contributed by atoms with van der Waals surface area (Å²) in [6, 6.07) is 5.24. The van der Waals surface area contributed by atoms with Gasteiger partial charge < -0.3 is 14.6 Å². The Morgan fingerprint density at radius 2 is 2.13 bits per heavy atom. The number of halogens is 1. The fraction of sp³-hybridized carbons (Fsp3) is 0.455. The molecule has 4 heteroatoms. The van der Waals surface area contributed by atoms with E-state index in [4.69, 9.17) is 21.1 Å². The molecule has 0 aliphatic rings. The highest BCUT2D eigenvalue weighted by Crippen LogP contribution is 2.27. The Hall–Kier alpha value is -0.770. The summed E-state index contributed by atoms with van der Waals surface area (Å²) >= 11 is 5.98. The third-order valence-corrected chi connectivity index (χ3v) is 2.28. The number of benzene rings is 1. The maximum atomic E-state index is 9.33. The fourth-order valence-electron chi connectivity index (χ4n) is 1.13. The van der Waals surface area contributed by atoms with Gasteiger partial charge in [0.2, 0.25) is 0 Å². The van der Waals surface area contributed by atoms with Crippen LogP contribution in [0.2, 0.25) is 5.02 Å². The largest absolute Gasteiger partial charge is 0.490 e. The molecule has 0 saturated carbocycles. The van der Waals surface area contributed by atoms with Crippen LogP contribution in [0.5, 0.6) is 5.75 Å². The quantitative estimate of drug-likeness (QED) is 0.790. The highest BCUT2D eigenvalue weighted by Gasteiger charge is 2.06. The van der Waals surface area contributed by atoms with Gasteiger partial charge in [-0.05, 0) is 24.6 Å². The molecule has 0 aliphatic carbocycles. The maximum Gasteiger partial charge on any atom is 0.138 e. The zero-order chi connectivity index (χ0) is 11.3. The SMILES string of the molecule is COCCOc1ccc([C@H](C)O)cc1Cl. The molecule has 0 aromatic heterocycles. The minimum atomic E-state index is -0.518. The van der Waals surface area contributed by atoms with Crippen molar-refractivity contribution < 1.29 is 14.6 Å². The third kappa shape index (κ3) is 3.70. The molecule has 0 bridgehead atoms. The maximum absolute atomic E-state index is 9.33. The van der Waals surface area contributed by atoms with Crippen LogP contribution < -0.4 is 4.74 Å². The van der Waals surface area contributed by atoms with E-state index in [1.165, 1.54) is 0 Å². The van der Waals surface area contributed by atoms with E-state index in [9.17, 15) is 5.11 Å². The molecule has 0 heterocycles. The van der Waals surface area contributed by atoms with Crippen LogP contribution in [0.15, 0.2) is 18.2 Å². The van der Waals surface area contributed by atoms with Gasteiger partial charge in [0.15, 0.2) is 0 Å². The van der Waals surface area contributed by atoms with E-state index in [0.29, 0.717) is 24.0 Å². The summed E-state index contributed by atoms with van der Waals surface area (Å²) in [4.78, 5) is 0. The molecule has 3 nitrogen and oxygen atoms in total. The van der Waals surface area contributed by atoms with E-state index < -0.39 is 6.10 Å². The Kier molecular flexibility index (Phi) is 4.88. The van der Waals surface area contributed by atoms with Gasteiger partial charge in [-0.1, -0.05) is 17.7 Å². The van der Waals surface area contributed by atoms with E-state index in [1.807, 2.05) is 0 Å². The molecule has 1 rings (SSSR count). The predicted molar refractivity (Wildman–Crippen MR) is 59.5 cm³/mol. The number of ether oxygens (including phenoxy) is 2. The average molecular weight is 231 g/mol. The zero-order valence-corrected chi connectivity index (χ0v) is 9.62. The summed E-state index contributed by atoms with van der Waals surface area (Å²) in [6.45, 7) is 2.68. The van der Waals surface area contributed by atoms with Crippen LogP contribution in [0.1, 0.15) is 18.6 Å². The van der Waals surface area contributed by atoms with E-state index in [-0.39, 0.29) is 0 Å². The number of aliphatic hydroxyl groups excluding tert-OH is 1. The lowest BCUT2D eigenvalue weighted by Gasteiger charge is -2.10. The second-order valence-electron chi connectivity index (χ2n) is 3.21. The molecular formula is C11H15ClO3. The Balaban J connectivity index is 2.66. The number of rotatable bonds is 5. The van der Waals surface area contributed by atoms with Gasteiger partial charge in [-0.15, -0.1) is 0 Å². The van der Waals surface area contributed by atoms with Crippen LogP contribution in [0.4, 0.5) is 0 Å². The molecule has 0 spiro atoms. The predicted octanol–water partition coefficient (Wildman–Crippen LogP) is 2.42. The van der Waals surface area contributed by atoms with Crippen LogP contribution in [0, 0.1) is 0 Å². The van der Waals surface area contributed by atoms with Gasteiger partial charge in [0, 0.05) is 7.11 Å². The van der Waals surface area contributed by atoms with Crippen molar-refractivity contribution in [3.63, 3.8) is 0 Å². The van der Waals surface area contributed by atoms with Crippen molar-refractivity contribution in [1.82, 2.24) is 0 Å². The van der Waals surface area contributed by atoms with Crippen molar-refractivity contribution in [3.8, 4) is 5.75 Å². The normalized spacial score (nSPS) is 12.5. The van der Waals surface area contributed by atoms with E-state index in [0.717, 1.165) is 5.56 Å². The number of aliphatic hydroxyl groups is 1. The highest BCUT2D eigenvalue weighted by atomic mass is 35.5. The molecule has 0 unspecified atom stereocenters. The topological polar surface area (TPSA) is 38.7 Å². The highest BCUT2D eigenvalue weighted by molar-refractivity contribution is 6.32. The molecule has 0 radical (unpaired) electrons. The van der Waals surface area contributed by atoms with Crippen LogP contribution >= 0.6 is 11.6 Å². The first-order chi connectivity index (χ1) is 7.15. The summed E-state index contributed by atoms with van der Waals surface area (Å²) in [5.74, 6) is 0.609. The van der Waals surface area contributed by atoms with Crippen LogP contribution in [0.25, 0.3) is 0 Å². The van der Waals surface area contributed by atoms with Crippen molar-refractivity contribution in [3.05, 3.63) is 28.8 Å². The van der Waals surface area contributed by atoms with Crippen molar-refractivity contribution >= 4 is 11.6 Å². The molecule has 1 aromatic carbocycles. The summed E-state index contributed by atoms with van der Waals surface area (Å²) < 4.78 is 10.2. The van der Waals surface area contributed by atoms with Gasteiger partial charge in [-0.25, -0.2) is 0 Å². The lowest BCUT2D eigenvalue weighted by Crippen LogP contribution is -2.04. The smallest absolute Gasteiger partial charge is 0.138 e. The van der Waals surface area contributed by atoms with Gasteiger partial charge in [-0.2, -0.15) is 0 Å². The van der Waals surface area contributed by atoms with Gasteiger partial charge in [-0.3, -0.25) is 0 Å². The first-order valence-corrected chi connectivity index (χ1v) is 5.12. The van der Waals surface area contributed by atoms with Gasteiger partial charge in [0.25, 0.3) is 0 Å². The third-order valence-electron chi connectivity index (χ3n) is 1.98. The van der Waals surface area contributed by atoms with Crippen molar-refractivity contribution in [2.24, 2.45) is 0 Å². The standard InChI is InChI=1S/C11H15ClO3/c1-8(13)9-3-4-11(10(12)7-9)15-6-5-14-2/h3-4,7-8,13H,5-6H2,1-2H3/t8-/m0/s1. The Labute approximate surface area is 94.6 Å². The second-order valence-corrected chi connectivity index (χ2v) is 3.61. The van der Waals surface area contributed by atoms with E-state index in [1.54, 1.807) is 32.2 Å². The molecule has 0 saturated heterocycles. The molecule has 1 N–H and O–H groups in total. The summed E-state index contributed by atoms with van der Waals surface area (Å²) in [5.41, 5.74) is 0.777. The number of methoxy groups -OCH3 is 1. The molecule has 0 aliphatic heterocycles. The lowest BCUT2D eigenvalue weighted by atomic mass is 10.1. The fourth-order valence-corrected chi connectivity index (χ4v) is 1.37. The van der Waals surface area contributed by atoms with Crippen molar-refractivity contribution in [2.45, 2.75) is 13.0 Å². The molecule has 1 aromatic rings. The summed E-state index contributed by atoms with van der Waals surface area (Å²) in [7, 11) is 1.61. The zero-order valence-electron chi connectivity index (χ0n) is 8.87. The second kappa shape index (κ2) is 5.95. The minimum absolute atomic E-state index is 0.463. The van der Waals surface area contributed by atoms with Crippen LogP contribution in [-0.2, 0) is 4.74 Å². The molecule has 0 amide bonds. The average Bonchev–Trinajstić information content (AvgIpc) is 2.20. The van der Waals surface area contributed by atoms with E-state index >= 15 is 0 Å². The van der Waals surface area contributed by atoms with Crippen molar-refractivity contribution in [1.29, 1.82) is 0 Å². The molecule has 0 fully saturated rings. The Bertz CT molecular complexity index is 313. The molecule has 84 valence electrons. The molecule has 15 heavy (non-hydrogen) atoms. The van der Waals surface area contributed by atoms with Gasteiger partial charge in [0.1, 0.15) is 12.4 Å². The van der Waals surface area contributed by atoms with Crippen LogP contribution in [0.3, 0.4) is 0 Å². The minimum Gasteiger partial charge on any atom is -0.490 e. The summed E-state index contributed by atoms with van der Waals surface area (Å²) in [6.07, 6.45) is -0.518.